The molecule has 1 heterocycles. The van der Waals surface area contributed by atoms with E-state index in [0.717, 1.165) is 38.7 Å². The molecule has 1 saturated heterocycles. The van der Waals surface area contributed by atoms with Crippen LogP contribution in [0.5, 0.6) is 0 Å². The van der Waals surface area contributed by atoms with Gasteiger partial charge in [0.15, 0.2) is 0 Å². The molecule has 0 bridgehead atoms. The molecule has 1 aliphatic rings. The lowest BCUT2D eigenvalue weighted by molar-refractivity contribution is 0.280. The summed E-state index contributed by atoms with van der Waals surface area (Å²) >= 11 is 0. The normalized spacial score (nSPS) is 17.3. The molecule has 1 aromatic rings. The molecule has 1 N–H and O–H groups in total. The van der Waals surface area contributed by atoms with E-state index in [-0.39, 0.29) is 12.4 Å². The van der Waals surface area contributed by atoms with Gasteiger partial charge >= 0.3 is 0 Å². The Hall–Kier alpha value is -0.710. The second-order valence-corrected chi connectivity index (χ2v) is 4.12. The highest BCUT2D eigenvalue weighted by molar-refractivity contribution is 5.85. The van der Waals surface area contributed by atoms with Crippen molar-refractivity contribution >= 4 is 12.4 Å². The number of nitrogens with one attached hydrogen (secondary N) is 1. The Morgan fingerprint density at radius 2 is 2.00 bits per heavy atom. The number of hydrogen-bond acceptors (Lipinski definition) is 2. The maximum absolute atomic E-state index is 13.4. The predicted octanol–water partition coefficient (Wildman–Crippen LogP) is 2.18. The van der Waals surface area contributed by atoms with Gasteiger partial charge in [-0.1, -0.05) is 6.07 Å². The molecular formula is C12H17ClF2N2. The molecule has 17 heavy (non-hydrogen) atoms. The van der Waals surface area contributed by atoms with Crippen LogP contribution in [-0.2, 0) is 6.54 Å². The third-order valence-electron chi connectivity index (χ3n) is 2.84. The summed E-state index contributed by atoms with van der Waals surface area (Å²) in [4.78, 5) is 2.19. The Kier molecular flexibility index (Phi) is 5.82. The molecule has 96 valence electrons. The first-order valence-corrected chi connectivity index (χ1v) is 5.63. The first kappa shape index (κ1) is 14.4. The number of benzene rings is 1. The van der Waals surface area contributed by atoms with Gasteiger partial charge in [-0.3, -0.25) is 4.90 Å². The molecule has 0 unspecified atom stereocenters. The lowest BCUT2D eigenvalue weighted by Gasteiger charge is -2.19. The lowest BCUT2D eigenvalue weighted by atomic mass is 10.2. The van der Waals surface area contributed by atoms with E-state index in [1.54, 1.807) is 0 Å². The van der Waals surface area contributed by atoms with Crippen LogP contribution in [0.4, 0.5) is 8.78 Å². The first-order chi connectivity index (χ1) is 7.75. The van der Waals surface area contributed by atoms with Crippen LogP contribution >= 0.6 is 12.4 Å². The molecule has 2 nitrogen and oxygen atoms in total. The SMILES string of the molecule is Cl.Fc1ccc(CN2CCCNCC2)c(F)c1. The van der Waals surface area contributed by atoms with Crippen LogP contribution in [0.15, 0.2) is 18.2 Å². The minimum absolute atomic E-state index is 0. The van der Waals surface area contributed by atoms with Gasteiger partial charge in [0, 0.05) is 31.3 Å². The molecule has 0 saturated carbocycles. The predicted molar refractivity (Wildman–Crippen MR) is 66.4 cm³/mol. The van der Waals surface area contributed by atoms with Crippen molar-refractivity contribution in [1.82, 2.24) is 10.2 Å². The van der Waals surface area contributed by atoms with Crippen LogP contribution in [-0.4, -0.2) is 31.1 Å². The molecule has 0 amide bonds. The summed E-state index contributed by atoms with van der Waals surface area (Å²) in [6.45, 7) is 4.39. The minimum atomic E-state index is -0.515. The summed E-state index contributed by atoms with van der Waals surface area (Å²) in [6, 6.07) is 3.79. The average Bonchev–Trinajstić information content (AvgIpc) is 2.51. The Balaban J connectivity index is 0.00000144. The van der Waals surface area contributed by atoms with Crippen molar-refractivity contribution in [2.45, 2.75) is 13.0 Å². The van der Waals surface area contributed by atoms with Gasteiger partial charge in [-0.05, 0) is 25.6 Å². The number of hydrogen-bond donors (Lipinski definition) is 1. The van der Waals surface area contributed by atoms with Crippen LogP contribution in [0.1, 0.15) is 12.0 Å². The van der Waals surface area contributed by atoms with Gasteiger partial charge in [0.05, 0.1) is 0 Å². The molecule has 2 rings (SSSR count). The summed E-state index contributed by atoms with van der Waals surface area (Å²) in [7, 11) is 0. The monoisotopic (exact) mass is 262 g/mol. The van der Waals surface area contributed by atoms with Crippen molar-refractivity contribution in [3.8, 4) is 0 Å². The zero-order chi connectivity index (χ0) is 11.4. The minimum Gasteiger partial charge on any atom is -0.315 e. The van der Waals surface area contributed by atoms with Gasteiger partial charge in [-0.25, -0.2) is 8.78 Å². The van der Waals surface area contributed by atoms with Crippen molar-refractivity contribution in [2.75, 3.05) is 26.2 Å². The van der Waals surface area contributed by atoms with E-state index in [4.69, 9.17) is 0 Å². The second-order valence-electron chi connectivity index (χ2n) is 4.12. The van der Waals surface area contributed by atoms with Gasteiger partial charge < -0.3 is 5.32 Å². The summed E-state index contributed by atoms with van der Waals surface area (Å²) in [5, 5.41) is 3.29. The van der Waals surface area contributed by atoms with E-state index in [2.05, 4.69) is 10.2 Å². The fraction of sp³-hybridized carbons (Fsp3) is 0.500. The first-order valence-electron chi connectivity index (χ1n) is 5.63. The molecule has 0 spiro atoms. The van der Waals surface area contributed by atoms with Crippen LogP contribution < -0.4 is 5.32 Å². The highest BCUT2D eigenvalue weighted by Crippen LogP contribution is 2.12. The maximum atomic E-state index is 13.4. The summed E-state index contributed by atoms with van der Waals surface area (Å²) in [6.07, 6.45) is 1.07. The molecule has 0 aromatic heterocycles. The quantitative estimate of drug-likeness (QED) is 0.879. The third-order valence-corrected chi connectivity index (χ3v) is 2.84. The Labute approximate surface area is 106 Å². The van der Waals surface area contributed by atoms with Crippen molar-refractivity contribution in [3.05, 3.63) is 35.4 Å². The summed E-state index contributed by atoms with van der Waals surface area (Å²) in [5.41, 5.74) is 0.573. The lowest BCUT2D eigenvalue weighted by Crippen LogP contribution is -2.28. The second kappa shape index (κ2) is 6.89. The average molecular weight is 263 g/mol. The van der Waals surface area contributed by atoms with Gasteiger partial charge in [0.2, 0.25) is 0 Å². The van der Waals surface area contributed by atoms with Crippen LogP contribution in [0.25, 0.3) is 0 Å². The fourth-order valence-electron chi connectivity index (χ4n) is 1.95. The summed E-state index contributed by atoms with van der Waals surface area (Å²) < 4.78 is 26.2. The van der Waals surface area contributed by atoms with Crippen molar-refractivity contribution < 1.29 is 8.78 Å². The van der Waals surface area contributed by atoms with Crippen molar-refractivity contribution in [1.29, 1.82) is 0 Å². The molecule has 1 aromatic carbocycles. The van der Waals surface area contributed by atoms with E-state index in [1.165, 1.54) is 12.1 Å². The zero-order valence-electron chi connectivity index (χ0n) is 9.59. The van der Waals surface area contributed by atoms with E-state index in [1.807, 2.05) is 0 Å². The topological polar surface area (TPSA) is 15.3 Å². The Morgan fingerprint density at radius 1 is 1.18 bits per heavy atom. The van der Waals surface area contributed by atoms with Crippen LogP contribution in [0, 0.1) is 11.6 Å². The number of rotatable bonds is 2. The van der Waals surface area contributed by atoms with E-state index < -0.39 is 11.6 Å². The molecular weight excluding hydrogens is 246 g/mol. The number of nitrogens with zero attached hydrogens (tertiary/aromatic N) is 1. The standard InChI is InChI=1S/C12H16F2N2.ClH/c13-11-3-2-10(12(14)8-11)9-16-6-1-4-15-5-7-16;/h2-3,8,15H,1,4-7,9H2;1H. The zero-order valence-corrected chi connectivity index (χ0v) is 10.4. The highest BCUT2D eigenvalue weighted by atomic mass is 35.5. The van der Waals surface area contributed by atoms with Gasteiger partial charge in [-0.15, -0.1) is 12.4 Å². The van der Waals surface area contributed by atoms with Crippen molar-refractivity contribution in [3.63, 3.8) is 0 Å². The Morgan fingerprint density at radius 3 is 2.76 bits per heavy atom. The molecule has 1 aliphatic heterocycles. The smallest absolute Gasteiger partial charge is 0.130 e. The van der Waals surface area contributed by atoms with E-state index in [0.29, 0.717) is 12.1 Å². The fourth-order valence-corrected chi connectivity index (χ4v) is 1.95. The highest BCUT2D eigenvalue weighted by Gasteiger charge is 2.11. The molecule has 1 fully saturated rings. The third kappa shape index (κ3) is 4.22. The van der Waals surface area contributed by atoms with Gasteiger partial charge in [0.25, 0.3) is 0 Å². The Bertz CT molecular complexity index is 352. The molecule has 0 radical (unpaired) electrons. The largest absolute Gasteiger partial charge is 0.315 e. The maximum Gasteiger partial charge on any atom is 0.130 e. The molecule has 0 aliphatic carbocycles. The summed E-state index contributed by atoms with van der Waals surface area (Å²) in [5.74, 6) is -0.962. The van der Waals surface area contributed by atoms with Crippen LogP contribution in [0.2, 0.25) is 0 Å². The van der Waals surface area contributed by atoms with Crippen LogP contribution in [0.3, 0.4) is 0 Å². The molecule has 5 heteroatoms. The van der Waals surface area contributed by atoms with Gasteiger partial charge in [-0.2, -0.15) is 0 Å². The van der Waals surface area contributed by atoms with E-state index >= 15 is 0 Å². The van der Waals surface area contributed by atoms with Crippen molar-refractivity contribution in [2.24, 2.45) is 0 Å². The number of halogens is 3. The van der Waals surface area contributed by atoms with Gasteiger partial charge in [0.1, 0.15) is 11.6 Å². The molecule has 0 atom stereocenters. The van der Waals surface area contributed by atoms with E-state index in [9.17, 15) is 8.78 Å².